The second-order valence-electron chi connectivity index (χ2n) is 4.73. The lowest BCUT2D eigenvalue weighted by Gasteiger charge is -2.40. The fraction of sp³-hybridized carbons (Fsp3) is 0.778. The molecule has 72 valence electrons. The van der Waals surface area contributed by atoms with E-state index < -0.39 is 8.07 Å². The van der Waals surface area contributed by atoms with Crippen molar-refractivity contribution in [2.24, 2.45) is 0 Å². The summed E-state index contributed by atoms with van der Waals surface area (Å²) in [6, 6.07) is 0. The predicted octanol–water partition coefficient (Wildman–Crippen LogP) is 3.15. The van der Waals surface area contributed by atoms with E-state index in [1.165, 1.54) is 0 Å². The van der Waals surface area contributed by atoms with Gasteiger partial charge in [-0.2, -0.15) is 0 Å². The summed E-state index contributed by atoms with van der Waals surface area (Å²) in [5.41, 5.74) is 0. The van der Waals surface area contributed by atoms with Gasteiger partial charge >= 0.3 is 0 Å². The molecule has 0 aliphatic carbocycles. The van der Waals surface area contributed by atoms with Crippen LogP contribution in [0.5, 0.6) is 0 Å². The Hall–Kier alpha value is -0.123. The van der Waals surface area contributed by atoms with Crippen molar-refractivity contribution in [3.05, 3.63) is 12.7 Å². The van der Waals surface area contributed by atoms with Crippen LogP contribution in [0.4, 0.5) is 0 Å². The van der Waals surface area contributed by atoms with Crippen molar-refractivity contribution < 1.29 is 10.1 Å². The molecule has 0 aromatic carbocycles. The van der Waals surface area contributed by atoms with Crippen LogP contribution in [0.3, 0.4) is 0 Å². The van der Waals surface area contributed by atoms with Gasteiger partial charge in [0.2, 0.25) is 0 Å². The molecule has 0 saturated carbocycles. The van der Waals surface area contributed by atoms with Gasteiger partial charge in [-0.15, -0.1) is 6.58 Å². The van der Waals surface area contributed by atoms with Gasteiger partial charge in [-0.3, -0.25) is 5.26 Å². The summed E-state index contributed by atoms with van der Waals surface area (Å²) in [6.45, 7) is 14.6. The van der Waals surface area contributed by atoms with Gasteiger partial charge in [0, 0.05) is 0 Å². The van der Waals surface area contributed by atoms with E-state index in [9.17, 15) is 0 Å². The molecule has 2 nitrogen and oxygen atoms in total. The monoisotopic (exact) mass is 188 g/mol. The lowest BCUT2D eigenvalue weighted by atomic mass is 10.1. The molecule has 0 radical (unpaired) electrons. The molecule has 0 heterocycles. The van der Waals surface area contributed by atoms with Crippen LogP contribution in [0.15, 0.2) is 12.7 Å². The van der Waals surface area contributed by atoms with Crippen LogP contribution in [-0.2, 0) is 4.89 Å². The average molecular weight is 188 g/mol. The minimum absolute atomic E-state index is 0.00347. The lowest BCUT2D eigenvalue weighted by molar-refractivity contribution is -0.272. The molecule has 0 saturated heterocycles. The second-order valence-corrected chi connectivity index (χ2v) is 10.5. The molecule has 1 unspecified atom stereocenters. The van der Waals surface area contributed by atoms with Crippen molar-refractivity contribution in [3.63, 3.8) is 0 Å². The van der Waals surface area contributed by atoms with E-state index in [0.29, 0.717) is 0 Å². The molecule has 1 atom stereocenters. The molecule has 0 aromatic heterocycles. The van der Waals surface area contributed by atoms with Crippen LogP contribution < -0.4 is 0 Å². The Labute approximate surface area is 76.2 Å². The van der Waals surface area contributed by atoms with Crippen molar-refractivity contribution in [2.75, 3.05) is 0 Å². The Kier molecular flexibility index (Phi) is 3.69. The first-order valence-corrected chi connectivity index (χ1v) is 7.70. The zero-order valence-corrected chi connectivity index (χ0v) is 9.72. The summed E-state index contributed by atoms with van der Waals surface area (Å²) in [4.78, 5) is 4.41. The van der Waals surface area contributed by atoms with Crippen molar-refractivity contribution >= 4 is 8.07 Å². The van der Waals surface area contributed by atoms with Gasteiger partial charge in [0.25, 0.3) is 0 Å². The fourth-order valence-corrected chi connectivity index (χ4v) is 1.92. The largest absolute Gasteiger partial charge is 0.251 e. The summed E-state index contributed by atoms with van der Waals surface area (Å²) in [7, 11) is -1.35. The molecular formula is C9H20O2Si. The molecule has 0 aliphatic heterocycles. The number of hydrogen-bond acceptors (Lipinski definition) is 2. The zero-order valence-electron chi connectivity index (χ0n) is 8.72. The smallest absolute Gasteiger partial charge is 0.113 e. The lowest BCUT2D eigenvalue weighted by Crippen LogP contribution is -2.43. The Bertz CT molecular complexity index is 158. The van der Waals surface area contributed by atoms with E-state index in [2.05, 4.69) is 45.0 Å². The van der Waals surface area contributed by atoms with Crippen LogP contribution in [0.25, 0.3) is 0 Å². The standard InChI is InChI=1S/C9H20O2Si/c1-7-8(11-10)9(2,3)12(4,5)6/h7-8,10H,1H2,2-6H3. The molecule has 0 aliphatic rings. The van der Waals surface area contributed by atoms with Crippen LogP contribution in [-0.4, -0.2) is 19.4 Å². The van der Waals surface area contributed by atoms with E-state index in [-0.39, 0.29) is 11.1 Å². The first-order valence-electron chi connectivity index (χ1n) is 4.20. The Morgan fingerprint density at radius 3 is 1.92 bits per heavy atom. The van der Waals surface area contributed by atoms with Crippen LogP contribution in [0.1, 0.15) is 13.8 Å². The molecule has 3 heteroatoms. The van der Waals surface area contributed by atoms with E-state index in [4.69, 9.17) is 5.26 Å². The Morgan fingerprint density at radius 2 is 1.83 bits per heavy atom. The average Bonchev–Trinajstić information content (AvgIpc) is 1.87. The van der Waals surface area contributed by atoms with Gasteiger partial charge in [-0.1, -0.05) is 39.6 Å². The highest BCUT2D eigenvalue weighted by atomic mass is 28.3. The second kappa shape index (κ2) is 3.73. The predicted molar refractivity (Wildman–Crippen MR) is 55.1 cm³/mol. The number of rotatable bonds is 4. The normalized spacial score (nSPS) is 15.8. The summed E-state index contributed by atoms with van der Waals surface area (Å²) < 4.78 is 0. The Balaban J connectivity index is 4.69. The van der Waals surface area contributed by atoms with Crippen molar-refractivity contribution in [1.82, 2.24) is 0 Å². The third-order valence-electron chi connectivity index (χ3n) is 2.97. The quantitative estimate of drug-likeness (QED) is 0.318. The first-order chi connectivity index (χ1) is 5.27. The van der Waals surface area contributed by atoms with Gasteiger partial charge in [-0.25, -0.2) is 4.89 Å². The SMILES string of the molecule is C=CC(OO)C(C)(C)[Si](C)(C)C. The van der Waals surface area contributed by atoms with E-state index in [1.807, 2.05) is 0 Å². The van der Waals surface area contributed by atoms with Gasteiger partial charge in [0.1, 0.15) is 6.10 Å². The summed E-state index contributed by atoms with van der Waals surface area (Å²) in [5, 5.41) is 8.68. The number of hydrogen-bond donors (Lipinski definition) is 1. The third kappa shape index (κ3) is 2.18. The first kappa shape index (κ1) is 11.9. The molecule has 0 aromatic rings. The van der Waals surface area contributed by atoms with Crippen molar-refractivity contribution in [1.29, 1.82) is 0 Å². The molecule has 12 heavy (non-hydrogen) atoms. The molecule has 0 fully saturated rings. The van der Waals surface area contributed by atoms with Crippen LogP contribution in [0, 0.1) is 0 Å². The van der Waals surface area contributed by atoms with Crippen LogP contribution >= 0.6 is 0 Å². The third-order valence-corrected chi connectivity index (χ3v) is 7.12. The van der Waals surface area contributed by atoms with E-state index in [0.717, 1.165) is 0 Å². The molecule has 0 amide bonds. The van der Waals surface area contributed by atoms with E-state index >= 15 is 0 Å². The maximum atomic E-state index is 8.68. The van der Waals surface area contributed by atoms with Gasteiger partial charge < -0.3 is 0 Å². The maximum absolute atomic E-state index is 8.68. The zero-order chi connectivity index (χ0) is 9.99. The summed E-state index contributed by atoms with van der Waals surface area (Å²) in [6.07, 6.45) is 1.40. The minimum atomic E-state index is -1.35. The Morgan fingerprint density at radius 1 is 1.42 bits per heavy atom. The van der Waals surface area contributed by atoms with Crippen molar-refractivity contribution in [3.8, 4) is 0 Å². The molecule has 0 rings (SSSR count). The summed E-state index contributed by atoms with van der Waals surface area (Å²) in [5.74, 6) is 0. The highest BCUT2D eigenvalue weighted by Crippen LogP contribution is 2.41. The molecular weight excluding hydrogens is 168 g/mol. The minimum Gasteiger partial charge on any atom is -0.251 e. The van der Waals surface area contributed by atoms with Crippen molar-refractivity contribution in [2.45, 2.75) is 44.6 Å². The molecule has 0 bridgehead atoms. The van der Waals surface area contributed by atoms with Gasteiger partial charge in [0.15, 0.2) is 0 Å². The maximum Gasteiger partial charge on any atom is 0.113 e. The highest BCUT2D eigenvalue weighted by Gasteiger charge is 2.41. The van der Waals surface area contributed by atoms with E-state index in [1.54, 1.807) is 6.08 Å². The van der Waals surface area contributed by atoms with Gasteiger partial charge in [0.05, 0.1) is 8.07 Å². The summed E-state index contributed by atoms with van der Waals surface area (Å²) >= 11 is 0. The highest BCUT2D eigenvalue weighted by molar-refractivity contribution is 6.79. The van der Waals surface area contributed by atoms with Crippen LogP contribution in [0.2, 0.25) is 24.7 Å². The molecule has 0 spiro atoms. The molecule has 1 N–H and O–H groups in total. The fourth-order valence-electron chi connectivity index (χ4n) is 0.896. The topological polar surface area (TPSA) is 29.5 Å². The van der Waals surface area contributed by atoms with Gasteiger partial charge in [-0.05, 0) is 5.04 Å².